The summed E-state index contributed by atoms with van der Waals surface area (Å²) in [6.45, 7) is 3.35. The second-order valence-electron chi connectivity index (χ2n) is 11.7. The van der Waals surface area contributed by atoms with E-state index in [1.807, 2.05) is 13.0 Å². The Hall–Kier alpha value is -4.23. The number of hydrogen-bond acceptors (Lipinski definition) is 6. The largest absolute Gasteiger partial charge is 0.488 e. The van der Waals surface area contributed by atoms with Crippen molar-refractivity contribution in [1.82, 2.24) is 19.1 Å². The number of rotatable bonds is 9. The van der Waals surface area contributed by atoms with Gasteiger partial charge in [-0.3, -0.25) is 0 Å². The molecule has 1 saturated carbocycles. The maximum absolute atomic E-state index is 13.8. The summed E-state index contributed by atoms with van der Waals surface area (Å²) in [5.74, 6) is -1.18. The molecule has 9 nitrogen and oxygen atoms in total. The van der Waals surface area contributed by atoms with Gasteiger partial charge in [-0.1, -0.05) is 42.8 Å². The number of piperidine rings is 1. The van der Waals surface area contributed by atoms with Crippen LogP contribution in [-0.4, -0.2) is 56.9 Å². The van der Waals surface area contributed by atoms with Gasteiger partial charge in [-0.15, -0.1) is 0 Å². The average Bonchev–Trinajstić information content (AvgIpc) is 3.46. The number of pyridine rings is 1. The topological polar surface area (TPSA) is 115 Å². The van der Waals surface area contributed by atoms with Crippen LogP contribution in [-0.2, 0) is 22.8 Å². The maximum Gasteiger partial charge on any atom is 0.434 e. The van der Waals surface area contributed by atoms with Gasteiger partial charge in [0, 0.05) is 18.7 Å². The van der Waals surface area contributed by atoms with E-state index in [9.17, 15) is 31.5 Å². The number of para-hydroxylation sites is 1. The highest BCUT2D eigenvalue weighted by Crippen LogP contribution is 2.37. The fourth-order valence-electron chi connectivity index (χ4n) is 6.19. The van der Waals surface area contributed by atoms with E-state index in [1.165, 1.54) is 17.7 Å². The van der Waals surface area contributed by atoms with Gasteiger partial charge in [0.25, 0.3) is 0 Å². The minimum absolute atomic E-state index is 0.190. The van der Waals surface area contributed by atoms with E-state index >= 15 is 0 Å². The molecule has 1 aliphatic heterocycles. The van der Waals surface area contributed by atoms with Crippen molar-refractivity contribution in [2.75, 3.05) is 13.1 Å². The number of halogens is 3. The van der Waals surface area contributed by atoms with Crippen molar-refractivity contribution in [3.63, 3.8) is 0 Å². The Morgan fingerprint density at radius 2 is 1.76 bits per heavy atom. The minimum atomic E-state index is -4.97. The van der Waals surface area contributed by atoms with Crippen molar-refractivity contribution in [3.8, 4) is 22.8 Å². The monoisotopic (exact) mass is 654 g/mol. The molecule has 0 radical (unpaired) electrons. The molecule has 2 aliphatic rings. The van der Waals surface area contributed by atoms with Gasteiger partial charge in [0.15, 0.2) is 11.5 Å². The molecule has 1 saturated heterocycles. The van der Waals surface area contributed by atoms with Crippen molar-refractivity contribution in [2.24, 2.45) is 0 Å². The average molecular weight is 655 g/mol. The number of sulfonamides is 1. The molecule has 6 rings (SSSR count). The highest BCUT2D eigenvalue weighted by molar-refractivity contribution is 7.89. The van der Waals surface area contributed by atoms with Crippen molar-refractivity contribution >= 4 is 16.0 Å². The molecule has 2 aromatic carbocycles. The lowest BCUT2D eigenvalue weighted by Gasteiger charge is -2.36. The van der Waals surface area contributed by atoms with Gasteiger partial charge < -0.3 is 9.84 Å². The smallest absolute Gasteiger partial charge is 0.434 e. The summed E-state index contributed by atoms with van der Waals surface area (Å²) >= 11 is 0. The van der Waals surface area contributed by atoms with Crippen LogP contribution >= 0.6 is 0 Å². The van der Waals surface area contributed by atoms with E-state index in [0.29, 0.717) is 41.0 Å². The summed E-state index contributed by atoms with van der Waals surface area (Å²) < 4.78 is 75.4. The third kappa shape index (κ3) is 6.25. The zero-order valence-electron chi connectivity index (χ0n) is 25.1. The standard InChI is InChI=1S/C33H33F3N4O5S/c1-21-18-22(12-13-25(21)23-14-16-39(17-15-23)46(43,44)24-6-4-7-24)20-45-29-10-3-2-8-26(29)28-9-5-11-30(38-28)40-31(33(34,35)36)27(19-37-40)32(41)42/h2-3,5,8-13,18-19,23-24H,4,6-7,14-17,20H2,1H3,(H,41,42). The van der Waals surface area contributed by atoms with Gasteiger partial charge in [-0.25, -0.2) is 27.2 Å². The zero-order chi connectivity index (χ0) is 32.6. The first-order chi connectivity index (χ1) is 21.9. The molecule has 0 atom stereocenters. The summed E-state index contributed by atoms with van der Waals surface area (Å²) in [5.41, 5.74) is 1.71. The quantitative estimate of drug-likeness (QED) is 0.216. The third-order valence-electron chi connectivity index (χ3n) is 8.84. The fraction of sp³-hybridized carbons (Fsp3) is 0.364. The highest BCUT2D eigenvalue weighted by atomic mass is 32.2. The molecular weight excluding hydrogens is 621 g/mol. The van der Waals surface area contributed by atoms with Gasteiger partial charge in [-0.05, 0) is 79.5 Å². The summed E-state index contributed by atoms with van der Waals surface area (Å²) in [7, 11) is -3.19. The lowest BCUT2D eigenvalue weighted by atomic mass is 9.87. The number of hydrogen-bond donors (Lipinski definition) is 1. The number of alkyl halides is 3. The first-order valence-electron chi connectivity index (χ1n) is 15.1. The van der Waals surface area contributed by atoms with Crippen LogP contribution in [0.5, 0.6) is 5.75 Å². The molecule has 0 unspecified atom stereocenters. The molecule has 1 N–H and O–H groups in total. The number of nitrogens with zero attached hydrogens (tertiary/aromatic N) is 4. The molecule has 3 heterocycles. The van der Waals surface area contributed by atoms with E-state index in [2.05, 4.69) is 22.2 Å². The van der Waals surface area contributed by atoms with E-state index in [4.69, 9.17) is 4.74 Å². The van der Waals surface area contributed by atoms with Crippen LogP contribution in [0, 0.1) is 6.92 Å². The molecule has 2 fully saturated rings. The first-order valence-corrected chi connectivity index (χ1v) is 16.6. The third-order valence-corrected chi connectivity index (χ3v) is 11.2. The minimum Gasteiger partial charge on any atom is -0.488 e. The van der Waals surface area contributed by atoms with Gasteiger partial charge >= 0.3 is 12.1 Å². The SMILES string of the molecule is Cc1cc(COc2ccccc2-c2cccc(-n3ncc(C(=O)O)c3C(F)(F)F)n2)ccc1C1CCN(S(=O)(=O)C2CCC2)CC1. The highest BCUT2D eigenvalue weighted by Gasteiger charge is 2.41. The van der Waals surface area contributed by atoms with E-state index in [1.54, 1.807) is 34.6 Å². The molecule has 0 spiro atoms. The molecule has 0 amide bonds. The first kappa shape index (κ1) is 31.7. The van der Waals surface area contributed by atoms with Gasteiger partial charge in [-0.2, -0.15) is 18.3 Å². The number of carboxylic acids is 1. The number of aromatic carboxylic acids is 1. The van der Waals surface area contributed by atoms with Crippen LogP contribution in [0.4, 0.5) is 13.2 Å². The number of carbonyl (C=O) groups is 1. The Bertz CT molecular complexity index is 1860. The Morgan fingerprint density at radius 3 is 2.41 bits per heavy atom. The summed E-state index contributed by atoms with van der Waals surface area (Å²) in [4.78, 5) is 15.8. The number of carboxylic acid groups (broad SMARTS) is 1. The maximum atomic E-state index is 13.8. The van der Waals surface area contributed by atoms with Crippen LogP contribution in [0.2, 0.25) is 0 Å². The molecule has 2 aromatic heterocycles. The zero-order valence-corrected chi connectivity index (χ0v) is 25.9. The van der Waals surface area contributed by atoms with Crippen molar-refractivity contribution in [3.05, 3.63) is 94.8 Å². The molecule has 13 heteroatoms. The lowest BCUT2D eigenvalue weighted by molar-refractivity contribution is -0.143. The van der Waals surface area contributed by atoms with Crippen LogP contribution < -0.4 is 4.74 Å². The second-order valence-corrected chi connectivity index (χ2v) is 14.0. The Labute approximate surface area is 264 Å². The van der Waals surface area contributed by atoms with Gasteiger partial charge in [0.1, 0.15) is 17.9 Å². The summed E-state index contributed by atoms with van der Waals surface area (Å²) in [6.07, 6.45) is -0.230. The number of benzene rings is 2. The molecular formula is C33H33F3N4O5S. The lowest BCUT2D eigenvalue weighted by Crippen LogP contribution is -2.45. The molecule has 4 aromatic rings. The number of ether oxygens (including phenoxy) is 1. The van der Waals surface area contributed by atoms with Crippen LogP contribution in [0.15, 0.2) is 66.9 Å². The Balaban J connectivity index is 1.16. The van der Waals surface area contributed by atoms with Gasteiger partial charge in [0.05, 0.1) is 17.1 Å². The molecule has 242 valence electrons. The van der Waals surface area contributed by atoms with Crippen LogP contribution in [0.3, 0.4) is 0 Å². The number of aromatic nitrogens is 3. The fourth-order valence-corrected chi connectivity index (χ4v) is 8.26. The van der Waals surface area contributed by atoms with Crippen molar-refractivity contribution in [1.29, 1.82) is 0 Å². The predicted molar refractivity (Wildman–Crippen MR) is 164 cm³/mol. The van der Waals surface area contributed by atoms with E-state index in [-0.39, 0.29) is 23.6 Å². The van der Waals surface area contributed by atoms with Crippen molar-refractivity contribution in [2.45, 2.75) is 63.0 Å². The summed E-state index contributed by atoms with van der Waals surface area (Å²) in [6, 6.07) is 17.6. The van der Waals surface area contributed by atoms with Gasteiger partial charge in [0.2, 0.25) is 10.0 Å². The predicted octanol–water partition coefficient (Wildman–Crippen LogP) is 6.60. The normalized spacial score (nSPS) is 16.7. The molecule has 0 bridgehead atoms. The summed E-state index contributed by atoms with van der Waals surface area (Å²) in [5, 5.41) is 12.7. The van der Waals surface area contributed by atoms with E-state index in [0.717, 1.165) is 43.2 Å². The Morgan fingerprint density at radius 1 is 1.02 bits per heavy atom. The van der Waals surface area contributed by atoms with Crippen LogP contribution in [0.25, 0.3) is 17.1 Å². The molecule has 46 heavy (non-hydrogen) atoms. The molecule has 1 aliphatic carbocycles. The number of aryl methyl sites for hydroxylation is 1. The van der Waals surface area contributed by atoms with Crippen LogP contribution in [0.1, 0.15) is 70.8 Å². The van der Waals surface area contributed by atoms with E-state index < -0.39 is 33.4 Å². The van der Waals surface area contributed by atoms with Crippen molar-refractivity contribution < 1.29 is 36.2 Å². The second kappa shape index (κ2) is 12.5. The Kier molecular flexibility index (Phi) is 8.64.